The molecule has 0 saturated heterocycles. The minimum absolute atomic E-state index is 0.783. The first-order valence-corrected chi connectivity index (χ1v) is 7.46. The molecule has 0 radical (unpaired) electrons. The minimum atomic E-state index is 0.783. The van der Waals surface area contributed by atoms with Gasteiger partial charge in [-0.25, -0.2) is 0 Å². The largest absolute Gasteiger partial charge is 0.0843 e. The van der Waals surface area contributed by atoms with E-state index in [0.717, 1.165) is 16.9 Å². The number of halogens is 1. The molecule has 1 heteroatoms. The number of hydrogen-bond acceptors (Lipinski definition) is 0. The van der Waals surface area contributed by atoms with E-state index in [1.54, 1.807) is 11.1 Å². The number of benzene rings is 1. The van der Waals surface area contributed by atoms with Gasteiger partial charge in [0.05, 0.1) is 0 Å². The summed E-state index contributed by atoms with van der Waals surface area (Å²) in [5.41, 5.74) is 4.61. The molecule has 2 rings (SSSR count). The lowest BCUT2D eigenvalue weighted by Gasteiger charge is -2.30. The van der Waals surface area contributed by atoms with Crippen molar-refractivity contribution in [3.8, 4) is 0 Å². The standard InChI is InChI=1S/C17H23Cl/c1-4-13-5-6-15(12(2)3)11-17(13)14-7-9-16(18)10-8-14/h7-10,12,15H,4-6,11H2,1-3H3. The third-order valence-corrected chi connectivity index (χ3v) is 4.52. The predicted octanol–water partition coefficient (Wildman–Crippen LogP) is 5.96. The normalized spacial score (nSPS) is 20.6. The molecule has 1 atom stereocenters. The molecule has 1 aliphatic carbocycles. The van der Waals surface area contributed by atoms with Gasteiger partial charge in [0.2, 0.25) is 0 Å². The molecule has 1 aromatic carbocycles. The molecule has 1 aliphatic rings. The quantitative estimate of drug-likeness (QED) is 0.630. The maximum Gasteiger partial charge on any atom is 0.0406 e. The third-order valence-electron chi connectivity index (χ3n) is 4.27. The monoisotopic (exact) mass is 262 g/mol. The second-order valence-electron chi connectivity index (χ2n) is 5.69. The Morgan fingerprint density at radius 3 is 2.44 bits per heavy atom. The first kappa shape index (κ1) is 13.7. The van der Waals surface area contributed by atoms with E-state index in [1.807, 2.05) is 12.1 Å². The summed E-state index contributed by atoms with van der Waals surface area (Å²) in [5, 5.41) is 0.827. The molecular formula is C17H23Cl. The molecule has 0 spiro atoms. The molecule has 0 heterocycles. The SMILES string of the molecule is CCC1=C(c2ccc(Cl)cc2)CC(C(C)C)CC1. The van der Waals surface area contributed by atoms with Crippen molar-refractivity contribution in [3.05, 3.63) is 40.4 Å². The average molecular weight is 263 g/mol. The topological polar surface area (TPSA) is 0 Å². The summed E-state index contributed by atoms with van der Waals surface area (Å²) in [6, 6.07) is 8.37. The highest BCUT2D eigenvalue weighted by Crippen LogP contribution is 2.40. The van der Waals surface area contributed by atoms with Crippen LogP contribution in [0.4, 0.5) is 0 Å². The molecule has 0 fully saturated rings. The van der Waals surface area contributed by atoms with Crippen molar-refractivity contribution in [1.29, 1.82) is 0 Å². The van der Waals surface area contributed by atoms with E-state index in [0.29, 0.717) is 0 Å². The molecule has 0 N–H and O–H groups in total. The van der Waals surface area contributed by atoms with Crippen LogP contribution in [-0.2, 0) is 0 Å². The van der Waals surface area contributed by atoms with Crippen molar-refractivity contribution < 1.29 is 0 Å². The van der Waals surface area contributed by atoms with E-state index in [4.69, 9.17) is 11.6 Å². The van der Waals surface area contributed by atoms with Crippen LogP contribution in [0.25, 0.3) is 5.57 Å². The van der Waals surface area contributed by atoms with Crippen molar-refractivity contribution in [1.82, 2.24) is 0 Å². The van der Waals surface area contributed by atoms with E-state index in [9.17, 15) is 0 Å². The lowest BCUT2D eigenvalue weighted by molar-refractivity contribution is 0.355. The molecule has 0 bridgehead atoms. The Morgan fingerprint density at radius 1 is 1.22 bits per heavy atom. The smallest absolute Gasteiger partial charge is 0.0406 e. The maximum atomic E-state index is 5.98. The lowest BCUT2D eigenvalue weighted by Crippen LogP contribution is -2.15. The molecule has 0 aromatic heterocycles. The van der Waals surface area contributed by atoms with Crippen LogP contribution in [0.5, 0.6) is 0 Å². The number of hydrogen-bond donors (Lipinski definition) is 0. The molecule has 0 aliphatic heterocycles. The van der Waals surface area contributed by atoms with E-state index in [-0.39, 0.29) is 0 Å². The summed E-state index contributed by atoms with van der Waals surface area (Å²) in [7, 11) is 0. The van der Waals surface area contributed by atoms with E-state index in [1.165, 1.54) is 31.2 Å². The van der Waals surface area contributed by atoms with Gasteiger partial charge >= 0.3 is 0 Å². The number of rotatable bonds is 3. The molecule has 18 heavy (non-hydrogen) atoms. The summed E-state index contributed by atoms with van der Waals surface area (Å²) in [5.74, 6) is 1.62. The highest BCUT2D eigenvalue weighted by Gasteiger charge is 2.23. The van der Waals surface area contributed by atoms with Crippen LogP contribution in [-0.4, -0.2) is 0 Å². The van der Waals surface area contributed by atoms with Crippen LogP contribution in [0.1, 0.15) is 52.0 Å². The number of allylic oxidation sites excluding steroid dienone is 2. The molecule has 0 nitrogen and oxygen atoms in total. The maximum absolute atomic E-state index is 5.98. The Balaban J connectivity index is 2.31. The highest BCUT2D eigenvalue weighted by atomic mass is 35.5. The molecule has 1 unspecified atom stereocenters. The van der Waals surface area contributed by atoms with Gasteiger partial charge < -0.3 is 0 Å². The van der Waals surface area contributed by atoms with E-state index >= 15 is 0 Å². The Hall–Kier alpha value is -0.750. The van der Waals surface area contributed by atoms with E-state index < -0.39 is 0 Å². The van der Waals surface area contributed by atoms with Gasteiger partial charge in [0, 0.05) is 5.02 Å². The van der Waals surface area contributed by atoms with Gasteiger partial charge in [-0.1, -0.05) is 50.1 Å². The van der Waals surface area contributed by atoms with Crippen LogP contribution >= 0.6 is 11.6 Å². The molecular weight excluding hydrogens is 240 g/mol. The van der Waals surface area contributed by atoms with Crippen molar-refractivity contribution in [2.24, 2.45) is 11.8 Å². The van der Waals surface area contributed by atoms with Crippen LogP contribution in [0, 0.1) is 11.8 Å². The van der Waals surface area contributed by atoms with Gasteiger partial charge in [0.25, 0.3) is 0 Å². The van der Waals surface area contributed by atoms with Crippen LogP contribution in [0.3, 0.4) is 0 Å². The zero-order chi connectivity index (χ0) is 13.1. The summed E-state index contributed by atoms with van der Waals surface area (Å²) in [6.45, 7) is 6.98. The van der Waals surface area contributed by atoms with Gasteiger partial charge in [-0.15, -0.1) is 0 Å². The average Bonchev–Trinajstić information content (AvgIpc) is 2.39. The van der Waals surface area contributed by atoms with Crippen molar-refractivity contribution >= 4 is 17.2 Å². The van der Waals surface area contributed by atoms with Gasteiger partial charge in [0.1, 0.15) is 0 Å². The van der Waals surface area contributed by atoms with Gasteiger partial charge in [-0.3, -0.25) is 0 Å². The summed E-state index contributed by atoms with van der Waals surface area (Å²) in [6.07, 6.45) is 5.06. The second-order valence-corrected chi connectivity index (χ2v) is 6.13. The van der Waals surface area contributed by atoms with E-state index in [2.05, 4.69) is 32.9 Å². The summed E-state index contributed by atoms with van der Waals surface area (Å²) >= 11 is 5.98. The third kappa shape index (κ3) is 2.98. The fourth-order valence-corrected chi connectivity index (χ4v) is 3.08. The molecule has 98 valence electrons. The summed E-state index contributed by atoms with van der Waals surface area (Å²) < 4.78 is 0. The fraction of sp³-hybridized carbons (Fsp3) is 0.529. The molecule has 1 aromatic rings. The lowest BCUT2D eigenvalue weighted by atomic mass is 9.76. The fourth-order valence-electron chi connectivity index (χ4n) is 2.95. The van der Waals surface area contributed by atoms with Crippen molar-refractivity contribution in [3.63, 3.8) is 0 Å². The minimum Gasteiger partial charge on any atom is -0.0843 e. The van der Waals surface area contributed by atoms with Crippen LogP contribution in [0.2, 0.25) is 5.02 Å². The Morgan fingerprint density at radius 2 is 1.89 bits per heavy atom. The van der Waals surface area contributed by atoms with Gasteiger partial charge in [0.15, 0.2) is 0 Å². The van der Waals surface area contributed by atoms with Crippen molar-refractivity contribution in [2.75, 3.05) is 0 Å². The highest BCUT2D eigenvalue weighted by molar-refractivity contribution is 6.30. The second kappa shape index (κ2) is 5.93. The molecule has 0 amide bonds. The first-order valence-electron chi connectivity index (χ1n) is 7.08. The summed E-state index contributed by atoms with van der Waals surface area (Å²) in [4.78, 5) is 0. The van der Waals surface area contributed by atoms with Crippen LogP contribution in [0.15, 0.2) is 29.8 Å². The van der Waals surface area contributed by atoms with Gasteiger partial charge in [-0.05, 0) is 60.8 Å². The zero-order valence-electron chi connectivity index (χ0n) is 11.7. The van der Waals surface area contributed by atoms with Crippen LogP contribution < -0.4 is 0 Å². The first-order chi connectivity index (χ1) is 8.61. The predicted molar refractivity (Wildman–Crippen MR) is 80.8 cm³/mol. The zero-order valence-corrected chi connectivity index (χ0v) is 12.4. The van der Waals surface area contributed by atoms with Gasteiger partial charge in [-0.2, -0.15) is 0 Å². The molecule has 0 saturated carbocycles. The Labute approximate surface area is 116 Å². The Kier molecular flexibility index (Phi) is 4.50. The Bertz CT molecular complexity index is 425. The van der Waals surface area contributed by atoms with Crippen molar-refractivity contribution in [2.45, 2.75) is 46.5 Å².